The lowest BCUT2D eigenvalue weighted by Gasteiger charge is -2.32. The van der Waals surface area contributed by atoms with Crippen molar-refractivity contribution in [3.05, 3.63) is 42.1 Å². The van der Waals surface area contributed by atoms with Crippen molar-refractivity contribution in [2.45, 2.75) is 31.6 Å². The molecule has 3 rings (SSSR count). The van der Waals surface area contributed by atoms with E-state index in [0.717, 1.165) is 25.9 Å². The van der Waals surface area contributed by atoms with E-state index in [1.54, 1.807) is 12.1 Å². The predicted octanol–water partition coefficient (Wildman–Crippen LogP) is 3.22. The third-order valence-corrected chi connectivity index (χ3v) is 6.27. The molecule has 1 aliphatic heterocycles. The third kappa shape index (κ3) is 4.97. The molecular formula is C20H25N3O5S. The standard InChI is InChI=1S/C20H25N3O5S/c1-3-28-16-4-6-17(7-5-16)29(26,27)22-15-12-18(20(24)25)19(21-13-15)23-10-8-14(2)9-11-23/h4-7,12-14,22H,3,8-11H2,1-2H3,(H,24,25). The number of ether oxygens (including phenoxy) is 1. The van der Waals surface area contributed by atoms with Crippen LogP contribution in [0.3, 0.4) is 0 Å². The molecule has 0 radical (unpaired) electrons. The number of anilines is 2. The Hall–Kier alpha value is -2.81. The number of aromatic carboxylic acids is 1. The summed E-state index contributed by atoms with van der Waals surface area (Å²) in [6.45, 7) is 5.95. The van der Waals surface area contributed by atoms with Gasteiger partial charge in [-0.25, -0.2) is 18.2 Å². The van der Waals surface area contributed by atoms with Gasteiger partial charge in [0.05, 0.1) is 23.4 Å². The van der Waals surface area contributed by atoms with Gasteiger partial charge in [-0.3, -0.25) is 4.72 Å². The van der Waals surface area contributed by atoms with E-state index >= 15 is 0 Å². The second kappa shape index (κ2) is 8.69. The summed E-state index contributed by atoms with van der Waals surface area (Å²) in [6, 6.07) is 7.32. The molecule has 1 aromatic carbocycles. The molecule has 0 amide bonds. The van der Waals surface area contributed by atoms with E-state index in [4.69, 9.17) is 4.74 Å². The van der Waals surface area contributed by atoms with Crippen molar-refractivity contribution >= 4 is 27.5 Å². The van der Waals surface area contributed by atoms with Crippen LogP contribution in [0.4, 0.5) is 11.5 Å². The third-order valence-electron chi connectivity index (χ3n) is 4.88. The molecule has 2 heterocycles. The SMILES string of the molecule is CCOc1ccc(S(=O)(=O)Nc2cnc(N3CCC(C)CC3)c(C(=O)O)c2)cc1. The Balaban J connectivity index is 1.83. The van der Waals surface area contributed by atoms with Crippen molar-refractivity contribution in [2.24, 2.45) is 5.92 Å². The zero-order valence-electron chi connectivity index (χ0n) is 16.5. The van der Waals surface area contributed by atoms with Crippen LogP contribution in [0.5, 0.6) is 5.75 Å². The molecule has 0 aliphatic carbocycles. The Morgan fingerprint density at radius 2 is 1.93 bits per heavy atom. The Morgan fingerprint density at radius 1 is 1.28 bits per heavy atom. The van der Waals surface area contributed by atoms with E-state index in [1.807, 2.05) is 11.8 Å². The van der Waals surface area contributed by atoms with Crippen LogP contribution < -0.4 is 14.4 Å². The number of hydrogen-bond acceptors (Lipinski definition) is 6. The van der Waals surface area contributed by atoms with Gasteiger partial charge in [-0.15, -0.1) is 0 Å². The highest BCUT2D eigenvalue weighted by Crippen LogP contribution is 2.27. The maximum atomic E-state index is 12.6. The summed E-state index contributed by atoms with van der Waals surface area (Å²) >= 11 is 0. The Bertz CT molecular complexity index is 968. The number of nitrogens with zero attached hydrogens (tertiary/aromatic N) is 2. The molecule has 1 fully saturated rings. The Morgan fingerprint density at radius 3 is 2.52 bits per heavy atom. The summed E-state index contributed by atoms with van der Waals surface area (Å²) in [6.07, 6.45) is 3.28. The Kier molecular flexibility index (Phi) is 6.26. The number of hydrogen-bond donors (Lipinski definition) is 2. The van der Waals surface area contributed by atoms with Crippen LogP contribution in [0, 0.1) is 5.92 Å². The smallest absolute Gasteiger partial charge is 0.339 e. The molecule has 0 atom stereocenters. The van der Waals surface area contributed by atoms with Crippen LogP contribution in [-0.2, 0) is 10.0 Å². The number of aromatic nitrogens is 1. The fourth-order valence-corrected chi connectivity index (χ4v) is 4.27. The van der Waals surface area contributed by atoms with Gasteiger partial charge in [0.25, 0.3) is 10.0 Å². The van der Waals surface area contributed by atoms with Crippen molar-refractivity contribution < 1.29 is 23.1 Å². The normalized spacial score (nSPS) is 15.2. The number of piperidine rings is 1. The zero-order valence-corrected chi connectivity index (χ0v) is 17.3. The topological polar surface area (TPSA) is 109 Å². The lowest BCUT2D eigenvalue weighted by molar-refractivity contribution is 0.0697. The highest BCUT2D eigenvalue weighted by molar-refractivity contribution is 7.92. The minimum atomic E-state index is -3.88. The first-order valence-electron chi connectivity index (χ1n) is 9.54. The number of sulfonamides is 1. The first kappa shape index (κ1) is 20.9. The van der Waals surface area contributed by atoms with Gasteiger partial charge in [-0.1, -0.05) is 6.92 Å². The molecule has 2 aromatic rings. The summed E-state index contributed by atoms with van der Waals surface area (Å²) < 4.78 is 33.0. The molecule has 156 valence electrons. The first-order chi connectivity index (χ1) is 13.8. The van der Waals surface area contributed by atoms with Crippen LogP contribution in [0.25, 0.3) is 0 Å². The molecule has 0 spiro atoms. The van der Waals surface area contributed by atoms with Crippen LogP contribution in [0.15, 0.2) is 41.4 Å². The second-order valence-corrected chi connectivity index (χ2v) is 8.76. The van der Waals surface area contributed by atoms with Crippen LogP contribution >= 0.6 is 0 Å². The molecule has 2 N–H and O–H groups in total. The summed E-state index contributed by atoms with van der Waals surface area (Å²) in [4.78, 5) is 18.0. The average molecular weight is 420 g/mol. The molecule has 1 saturated heterocycles. The van der Waals surface area contributed by atoms with Gasteiger partial charge >= 0.3 is 5.97 Å². The van der Waals surface area contributed by atoms with Gasteiger partial charge < -0.3 is 14.7 Å². The molecule has 8 nitrogen and oxygen atoms in total. The minimum Gasteiger partial charge on any atom is -0.494 e. The summed E-state index contributed by atoms with van der Waals surface area (Å²) in [5, 5.41) is 9.61. The molecule has 9 heteroatoms. The number of benzene rings is 1. The number of pyridine rings is 1. The quantitative estimate of drug-likeness (QED) is 0.709. The van der Waals surface area contributed by atoms with E-state index in [-0.39, 0.29) is 16.1 Å². The van der Waals surface area contributed by atoms with Gasteiger partial charge in [0.2, 0.25) is 0 Å². The molecule has 1 aromatic heterocycles. The van der Waals surface area contributed by atoms with Crippen molar-refractivity contribution in [3.8, 4) is 5.75 Å². The first-order valence-corrected chi connectivity index (χ1v) is 11.0. The number of carboxylic acid groups (broad SMARTS) is 1. The molecule has 0 bridgehead atoms. The molecular weight excluding hydrogens is 394 g/mol. The predicted molar refractivity (Wildman–Crippen MR) is 110 cm³/mol. The fraction of sp³-hybridized carbons (Fsp3) is 0.400. The number of carboxylic acids is 1. The number of rotatable bonds is 7. The van der Waals surface area contributed by atoms with Crippen molar-refractivity contribution in [1.82, 2.24) is 4.98 Å². The van der Waals surface area contributed by atoms with Crippen molar-refractivity contribution in [1.29, 1.82) is 0 Å². The lowest BCUT2D eigenvalue weighted by Crippen LogP contribution is -2.34. The Labute approximate surface area is 170 Å². The molecule has 29 heavy (non-hydrogen) atoms. The van der Waals surface area contributed by atoms with Crippen molar-refractivity contribution in [3.63, 3.8) is 0 Å². The summed E-state index contributed by atoms with van der Waals surface area (Å²) in [5.74, 6) is 0.392. The second-order valence-electron chi connectivity index (χ2n) is 7.08. The van der Waals surface area contributed by atoms with Gasteiger partial charge in [0.15, 0.2) is 0 Å². The maximum absolute atomic E-state index is 12.6. The highest BCUT2D eigenvalue weighted by Gasteiger charge is 2.23. The lowest BCUT2D eigenvalue weighted by atomic mass is 9.99. The summed E-state index contributed by atoms with van der Waals surface area (Å²) in [7, 11) is -3.88. The largest absolute Gasteiger partial charge is 0.494 e. The van der Waals surface area contributed by atoms with Crippen LogP contribution in [0.2, 0.25) is 0 Å². The monoisotopic (exact) mass is 419 g/mol. The average Bonchev–Trinajstić information content (AvgIpc) is 2.69. The molecule has 0 saturated carbocycles. The number of nitrogens with one attached hydrogen (secondary N) is 1. The van der Waals surface area contributed by atoms with E-state index in [1.165, 1.54) is 24.4 Å². The van der Waals surface area contributed by atoms with Gasteiger partial charge in [0, 0.05) is 13.1 Å². The fourth-order valence-electron chi connectivity index (χ4n) is 3.24. The maximum Gasteiger partial charge on any atom is 0.339 e. The molecule has 1 aliphatic rings. The van der Waals surface area contributed by atoms with E-state index in [0.29, 0.717) is 24.1 Å². The van der Waals surface area contributed by atoms with Crippen LogP contribution in [0.1, 0.15) is 37.0 Å². The zero-order chi connectivity index (χ0) is 21.0. The van der Waals surface area contributed by atoms with E-state index in [2.05, 4.69) is 16.6 Å². The summed E-state index contributed by atoms with van der Waals surface area (Å²) in [5.41, 5.74) is 0.0804. The van der Waals surface area contributed by atoms with Gasteiger partial charge in [0.1, 0.15) is 17.1 Å². The van der Waals surface area contributed by atoms with Crippen LogP contribution in [-0.4, -0.2) is 44.2 Å². The highest BCUT2D eigenvalue weighted by atomic mass is 32.2. The molecule has 0 unspecified atom stereocenters. The van der Waals surface area contributed by atoms with Gasteiger partial charge in [-0.2, -0.15) is 0 Å². The van der Waals surface area contributed by atoms with Crippen molar-refractivity contribution in [2.75, 3.05) is 29.3 Å². The van der Waals surface area contributed by atoms with E-state index < -0.39 is 16.0 Å². The van der Waals surface area contributed by atoms with Gasteiger partial charge in [-0.05, 0) is 56.0 Å². The van der Waals surface area contributed by atoms with E-state index in [9.17, 15) is 18.3 Å². The minimum absolute atomic E-state index is 0.0218. The number of carbonyl (C=O) groups is 1.